The third kappa shape index (κ3) is 3.15. The number of benzene rings is 1. The summed E-state index contributed by atoms with van der Waals surface area (Å²) in [7, 11) is 1.64. The van der Waals surface area contributed by atoms with Gasteiger partial charge in [0.25, 0.3) is 0 Å². The summed E-state index contributed by atoms with van der Waals surface area (Å²) in [4.78, 5) is 0. The summed E-state index contributed by atoms with van der Waals surface area (Å²) < 4.78 is 22.0. The first-order valence-electron chi connectivity index (χ1n) is 6.39. The molecule has 0 unspecified atom stereocenters. The third-order valence-corrected chi connectivity index (χ3v) is 2.84. The maximum atomic E-state index is 5.68. The van der Waals surface area contributed by atoms with Crippen LogP contribution in [-0.2, 0) is 9.47 Å². The van der Waals surface area contributed by atoms with Crippen molar-refractivity contribution in [2.75, 3.05) is 26.9 Å². The average molecular weight is 252 g/mol. The molecule has 0 saturated carbocycles. The minimum atomic E-state index is -0.338. The molecule has 1 aromatic carbocycles. The number of rotatable bonds is 6. The van der Waals surface area contributed by atoms with Gasteiger partial charge in [0.1, 0.15) is 11.5 Å². The van der Waals surface area contributed by atoms with Gasteiger partial charge in [-0.1, -0.05) is 13.3 Å². The molecule has 18 heavy (non-hydrogen) atoms. The second kappa shape index (κ2) is 6.61. The number of hydrogen-bond acceptors (Lipinski definition) is 4. The quantitative estimate of drug-likeness (QED) is 0.729. The first-order chi connectivity index (χ1) is 8.85. The molecule has 0 aliphatic carbocycles. The van der Waals surface area contributed by atoms with Crippen LogP contribution in [0.1, 0.15) is 31.6 Å². The first kappa shape index (κ1) is 13.2. The zero-order valence-corrected chi connectivity index (χ0v) is 11.0. The van der Waals surface area contributed by atoms with Gasteiger partial charge < -0.3 is 18.9 Å². The highest BCUT2D eigenvalue weighted by molar-refractivity contribution is 5.41. The molecule has 1 fully saturated rings. The van der Waals surface area contributed by atoms with Crippen LogP contribution >= 0.6 is 0 Å². The van der Waals surface area contributed by atoms with Crippen LogP contribution in [0.2, 0.25) is 0 Å². The van der Waals surface area contributed by atoms with Gasteiger partial charge in [-0.05, 0) is 24.6 Å². The fraction of sp³-hybridized carbons (Fsp3) is 0.571. The summed E-state index contributed by atoms with van der Waals surface area (Å²) in [6, 6.07) is 5.74. The summed E-state index contributed by atoms with van der Waals surface area (Å²) >= 11 is 0. The molecule has 2 rings (SSSR count). The Bertz CT molecular complexity index is 372. The lowest BCUT2D eigenvalue weighted by molar-refractivity contribution is -0.0456. The van der Waals surface area contributed by atoms with Gasteiger partial charge in [-0.25, -0.2) is 0 Å². The number of methoxy groups -OCH3 is 1. The van der Waals surface area contributed by atoms with Gasteiger partial charge in [-0.15, -0.1) is 0 Å². The van der Waals surface area contributed by atoms with Crippen LogP contribution < -0.4 is 9.47 Å². The fourth-order valence-corrected chi connectivity index (χ4v) is 1.86. The van der Waals surface area contributed by atoms with E-state index in [4.69, 9.17) is 18.9 Å². The van der Waals surface area contributed by atoms with Gasteiger partial charge in [0.2, 0.25) is 0 Å². The van der Waals surface area contributed by atoms with Crippen molar-refractivity contribution < 1.29 is 18.9 Å². The molecular weight excluding hydrogens is 232 g/mol. The van der Waals surface area contributed by atoms with Crippen LogP contribution in [0.15, 0.2) is 18.2 Å². The van der Waals surface area contributed by atoms with Gasteiger partial charge in [0, 0.05) is 0 Å². The van der Waals surface area contributed by atoms with Crippen molar-refractivity contribution in [1.29, 1.82) is 0 Å². The number of ether oxygens (including phenoxy) is 4. The highest BCUT2D eigenvalue weighted by Crippen LogP contribution is 2.34. The van der Waals surface area contributed by atoms with E-state index in [1.165, 1.54) is 0 Å². The Hall–Kier alpha value is -1.26. The van der Waals surface area contributed by atoms with E-state index in [-0.39, 0.29) is 6.29 Å². The van der Waals surface area contributed by atoms with Crippen molar-refractivity contribution in [1.82, 2.24) is 0 Å². The van der Waals surface area contributed by atoms with Crippen molar-refractivity contribution in [3.05, 3.63) is 23.8 Å². The van der Waals surface area contributed by atoms with E-state index in [2.05, 4.69) is 6.92 Å². The van der Waals surface area contributed by atoms with Crippen LogP contribution in [0.4, 0.5) is 0 Å². The van der Waals surface area contributed by atoms with E-state index in [0.29, 0.717) is 13.2 Å². The van der Waals surface area contributed by atoms with Crippen molar-refractivity contribution in [3.63, 3.8) is 0 Å². The molecule has 0 N–H and O–H groups in total. The zero-order valence-electron chi connectivity index (χ0n) is 11.0. The lowest BCUT2D eigenvalue weighted by Crippen LogP contribution is -2.03. The van der Waals surface area contributed by atoms with E-state index < -0.39 is 0 Å². The van der Waals surface area contributed by atoms with Crippen LogP contribution in [0, 0.1) is 0 Å². The second-order valence-electron chi connectivity index (χ2n) is 4.18. The van der Waals surface area contributed by atoms with E-state index in [0.717, 1.165) is 36.5 Å². The van der Waals surface area contributed by atoms with Crippen LogP contribution in [0.3, 0.4) is 0 Å². The predicted octanol–water partition coefficient (Wildman–Crippen LogP) is 2.92. The molecule has 1 heterocycles. The van der Waals surface area contributed by atoms with Gasteiger partial charge in [-0.3, -0.25) is 0 Å². The molecule has 0 amide bonds. The second-order valence-corrected chi connectivity index (χ2v) is 4.18. The Morgan fingerprint density at radius 3 is 2.72 bits per heavy atom. The lowest BCUT2D eigenvalue weighted by Gasteiger charge is -2.15. The highest BCUT2D eigenvalue weighted by atomic mass is 16.7. The predicted molar refractivity (Wildman–Crippen MR) is 68.0 cm³/mol. The normalized spacial score (nSPS) is 15.9. The van der Waals surface area contributed by atoms with E-state index >= 15 is 0 Å². The summed E-state index contributed by atoms with van der Waals surface area (Å²) in [5.74, 6) is 1.60. The Morgan fingerprint density at radius 2 is 2.06 bits per heavy atom. The smallest absolute Gasteiger partial charge is 0.187 e. The van der Waals surface area contributed by atoms with Crippen molar-refractivity contribution in [3.8, 4) is 11.5 Å². The molecule has 1 aromatic rings. The lowest BCUT2D eigenvalue weighted by atomic mass is 10.2. The molecule has 1 aliphatic heterocycles. The molecule has 0 aromatic heterocycles. The average Bonchev–Trinajstić information content (AvgIpc) is 2.93. The van der Waals surface area contributed by atoms with Crippen LogP contribution in [0.5, 0.6) is 11.5 Å². The molecule has 0 atom stereocenters. The number of unbranched alkanes of at least 4 members (excludes halogenated alkanes) is 1. The van der Waals surface area contributed by atoms with Crippen molar-refractivity contribution in [2.24, 2.45) is 0 Å². The summed E-state index contributed by atoms with van der Waals surface area (Å²) in [5, 5.41) is 0. The van der Waals surface area contributed by atoms with E-state index in [1.54, 1.807) is 7.11 Å². The Balaban J connectivity index is 2.11. The summed E-state index contributed by atoms with van der Waals surface area (Å²) in [5.41, 5.74) is 0.893. The standard InChI is InChI=1S/C14H20O4/c1-3-4-7-16-11-5-6-13(15-2)12(10-11)14-17-8-9-18-14/h5-6,10,14H,3-4,7-9H2,1-2H3. The van der Waals surface area contributed by atoms with Crippen LogP contribution in [-0.4, -0.2) is 26.9 Å². The zero-order chi connectivity index (χ0) is 12.8. The Morgan fingerprint density at radius 1 is 1.28 bits per heavy atom. The van der Waals surface area contributed by atoms with E-state index in [9.17, 15) is 0 Å². The molecule has 0 bridgehead atoms. The first-order valence-corrected chi connectivity index (χ1v) is 6.39. The summed E-state index contributed by atoms with van der Waals surface area (Å²) in [6.45, 7) is 4.11. The maximum Gasteiger partial charge on any atom is 0.187 e. The van der Waals surface area contributed by atoms with Crippen molar-refractivity contribution >= 4 is 0 Å². The van der Waals surface area contributed by atoms with Gasteiger partial charge in [-0.2, -0.15) is 0 Å². The minimum Gasteiger partial charge on any atom is -0.496 e. The minimum absolute atomic E-state index is 0.338. The molecule has 1 saturated heterocycles. The van der Waals surface area contributed by atoms with Crippen molar-refractivity contribution in [2.45, 2.75) is 26.1 Å². The largest absolute Gasteiger partial charge is 0.496 e. The molecule has 4 nitrogen and oxygen atoms in total. The summed E-state index contributed by atoms with van der Waals surface area (Å²) in [6.07, 6.45) is 1.84. The third-order valence-electron chi connectivity index (χ3n) is 2.84. The molecule has 0 spiro atoms. The SMILES string of the molecule is CCCCOc1ccc(OC)c(C2OCCO2)c1. The molecule has 1 aliphatic rings. The molecule has 0 radical (unpaired) electrons. The van der Waals surface area contributed by atoms with Gasteiger partial charge in [0.15, 0.2) is 6.29 Å². The highest BCUT2D eigenvalue weighted by Gasteiger charge is 2.22. The molecule has 4 heteroatoms. The molecular formula is C14H20O4. The van der Waals surface area contributed by atoms with Crippen LogP contribution in [0.25, 0.3) is 0 Å². The number of hydrogen-bond donors (Lipinski definition) is 0. The van der Waals surface area contributed by atoms with Gasteiger partial charge in [0.05, 0.1) is 32.5 Å². The van der Waals surface area contributed by atoms with E-state index in [1.807, 2.05) is 18.2 Å². The monoisotopic (exact) mass is 252 g/mol. The fourth-order valence-electron chi connectivity index (χ4n) is 1.86. The maximum absolute atomic E-state index is 5.68. The van der Waals surface area contributed by atoms with Gasteiger partial charge >= 0.3 is 0 Å². The molecule has 100 valence electrons. The topological polar surface area (TPSA) is 36.9 Å². The Kier molecular flexibility index (Phi) is 4.84. The Labute approximate surface area is 108 Å².